The Bertz CT molecular complexity index is 435. The molecule has 0 aromatic heterocycles. The topological polar surface area (TPSA) is 72.2 Å². The van der Waals surface area contributed by atoms with Crippen molar-refractivity contribution in [3.05, 3.63) is 32.8 Å². The molecule has 0 heterocycles. The van der Waals surface area contributed by atoms with Crippen LogP contribution < -0.4 is 5.32 Å². The van der Waals surface area contributed by atoms with Crippen LogP contribution in [0.2, 0.25) is 0 Å². The average Bonchev–Trinajstić information content (AvgIpc) is 2.29. The minimum Gasteiger partial charge on any atom is -0.325 e. The first kappa shape index (κ1) is 13.6. The maximum Gasteiger partial charge on any atom is 0.271 e. The van der Waals surface area contributed by atoms with Crippen LogP contribution >= 0.6 is 15.9 Å². The lowest BCUT2D eigenvalue weighted by Gasteiger charge is -2.06. The highest BCUT2D eigenvalue weighted by atomic mass is 79.9. The van der Waals surface area contributed by atoms with E-state index in [-0.39, 0.29) is 11.6 Å². The molecule has 0 fully saturated rings. The van der Waals surface area contributed by atoms with Crippen LogP contribution in [0.15, 0.2) is 22.7 Å². The van der Waals surface area contributed by atoms with Crippen LogP contribution in [0, 0.1) is 10.1 Å². The highest BCUT2D eigenvalue weighted by Gasteiger charge is 2.11. The number of hydrogen-bond donors (Lipinski definition) is 1. The Labute approximate surface area is 107 Å². The van der Waals surface area contributed by atoms with Crippen LogP contribution in [0.1, 0.15) is 26.2 Å². The van der Waals surface area contributed by atoms with Gasteiger partial charge in [0.25, 0.3) is 5.69 Å². The van der Waals surface area contributed by atoms with Crippen molar-refractivity contribution in [3.8, 4) is 0 Å². The largest absolute Gasteiger partial charge is 0.325 e. The van der Waals surface area contributed by atoms with Crippen LogP contribution in [0.4, 0.5) is 11.4 Å². The van der Waals surface area contributed by atoms with Gasteiger partial charge in [-0.05, 0) is 28.4 Å². The Morgan fingerprint density at radius 3 is 2.82 bits per heavy atom. The maximum absolute atomic E-state index is 11.5. The Morgan fingerprint density at radius 1 is 1.53 bits per heavy atom. The average molecular weight is 301 g/mol. The van der Waals surface area contributed by atoms with Gasteiger partial charge in [-0.2, -0.15) is 0 Å². The van der Waals surface area contributed by atoms with E-state index >= 15 is 0 Å². The summed E-state index contributed by atoms with van der Waals surface area (Å²) in [6.07, 6.45) is 2.16. The molecular formula is C11H13BrN2O3. The zero-order chi connectivity index (χ0) is 12.8. The number of amides is 1. The summed E-state index contributed by atoms with van der Waals surface area (Å²) in [5.41, 5.74) is 0.388. The van der Waals surface area contributed by atoms with Gasteiger partial charge in [-0.15, -0.1) is 0 Å². The smallest absolute Gasteiger partial charge is 0.271 e. The van der Waals surface area contributed by atoms with Gasteiger partial charge in [-0.25, -0.2) is 0 Å². The molecule has 0 aliphatic heterocycles. The molecule has 0 radical (unpaired) electrons. The van der Waals surface area contributed by atoms with Crippen molar-refractivity contribution in [1.82, 2.24) is 0 Å². The highest BCUT2D eigenvalue weighted by molar-refractivity contribution is 9.10. The Balaban J connectivity index is 2.79. The van der Waals surface area contributed by atoms with E-state index in [4.69, 9.17) is 0 Å². The second kappa shape index (κ2) is 6.34. The van der Waals surface area contributed by atoms with Gasteiger partial charge in [0.05, 0.1) is 10.6 Å². The molecule has 92 valence electrons. The second-order valence-corrected chi connectivity index (χ2v) is 4.43. The lowest BCUT2D eigenvalue weighted by atomic mass is 10.2. The molecule has 1 aromatic rings. The van der Waals surface area contributed by atoms with E-state index in [0.29, 0.717) is 16.6 Å². The first-order chi connectivity index (χ1) is 8.04. The molecule has 0 aliphatic rings. The van der Waals surface area contributed by atoms with Crippen LogP contribution in [0.5, 0.6) is 0 Å². The Hall–Kier alpha value is -1.43. The Kier molecular flexibility index (Phi) is 5.09. The number of nitrogens with zero attached hydrogens (tertiary/aromatic N) is 1. The number of nitro benzene ring substituents is 1. The van der Waals surface area contributed by atoms with Crippen molar-refractivity contribution < 1.29 is 9.72 Å². The van der Waals surface area contributed by atoms with E-state index < -0.39 is 4.92 Å². The molecule has 0 atom stereocenters. The lowest BCUT2D eigenvalue weighted by Crippen LogP contribution is -2.11. The number of unbranched alkanes of at least 4 members (excludes halogenated alkanes) is 1. The molecule has 0 aliphatic carbocycles. The van der Waals surface area contributed by atoms with Crippen LogP contribution in [0.25, 0.3) is 0 Å². The number of halogens is 1. The summed E-state index contributed by atoms with van der Waals surface area (Å²) in [4.78, 5) is 21.6. The van der Waals surface area contributed by atoms with Gasteiger partial charge in [0, 0.05) is 23.0 Å². The fourth-order valence-electron chi connectivity index (χ4n) is 1.27. The number of nitro groups is 1. The van der Waals surface area contributed by atoms with Crippen molar-refractivity contribution in [2.75, 3.05) is 5.32 Å². The molecule has 1 amide bonds. The normalized spacial score (nSPS) is 10.0. The van der Waals surface area contributed by atoms with E-state index in [1.807, 2.05) is 6.92 Å². The minimum absolute atomic E-state index is 0.0426. The van der Waals surface area contributed by atoms with Crippen LogP contribution in [0.3, 0.4) is 0 Å². The predicted octanol–water partition coefficient (Wildman–Crippen LogP) is 3.49. The number of rotatable bonds is 5. The van der Waals surface area contributed by atoms with E-state index in [2.05, 4.69) is 21.2 Å². The molecule has 1 N–H and O–H groups in total. The zero-order valence-corrected chi connectivity index (χ0v) is 11.0. The number of nitrogens with one attached hydrogen (secondary N) is 1. The summed E-state index contributed by atoms with van der Waals surface area (Å²) in [5, 5.41) is 13.2. The van der Waals surface area contributed by atoms with Crippen molar-refractivity contribution in [2.24, 2.45) is 0 Å². The van der Waals surface area contributed by atoms with Crippen molar-refractivity contribution in [1.29, 1.82) is 0 Å². The number of benzene rings is 1. The lowest BCUT2D eigenvalue weighted by molar-refractivity contribution is -0.384. The van der Waals surface area contributed by atoms with Crippen molar-refractivity contribution >= 4 is 33.2 Å². The third kappa shape index (κ3) is 4.14. The van der Waals surface area contributed by atoms with Gasteiger partial charge in [-0.3, -0.25) is 14.9 Å². The van der Waals surface area contributed by atoms with Crippen LogP contribution in [-0.4, -0.2) is 10.8 Å². The first-order valence-electron chi connectivity index (χ1n) is 5.28. The molecule has 5 nitrogen and oxygen atoms in total. The van der Waals surface area contributed by atoms with Gasteiger partial charge < -0.3 is 5.32 Å². The van der Waals surface area contributed by atoms with Gasteiger partial charge >= 0.3 is 0 Å². The fraction of sp³-hybridized carbons (Fsp3) is 0.364. The molecule has 0 unspecified atom stereocenters. The molecule has 0 saturated carbocycles. The van der Waals surface area contributed by atoms with E-state index in [0.717, 1.165) is 12.8 Å². The van der Waals surface area contributed by atoms with E-state index in [1.165, 1.54) is 12.1 Å². The number of carbonyl (C=O) groups is 1. The molecule has 1 rings (SSSR count). The summed E-state index contributed by atoms with van der Waals surface area (Å²) in [5.74, 6) is -0.131. The first-order valence-corrected chi connectivity index (χ1v) is 6.07. The summed E-state index contributed by atoms with van der Waals surface area (Å²) in [6.45, 7) is 2.00. The molecule has 1 aromatic carbocycles. The standard InChI is InChI=1S/C11H13BrN2O3/c1-2-3-4-11(15)13-10-7-8(14(16)17)5-6-9(10)12/h5-7H,2-4H2,1H3,(H,13,15). The third-order valence-electron chi connectivity index (χ3n) is 2.19. The molecule has 0 bridgehead atoms. The van der Waals surface area contributed by atoms with Gasteiger partial charge in [0.2, 0.25) is 5.91 Å². The van der Waals surface area contributed by atoms with E-state index in [9.17, 15) is 14.9 Å². The molecule has 0 spiro atoms. The molecular weight excluding hydrogens is 288 g/mol. The summed E-state index contributed by atoms with van der Waals surface area (Å²) in [7, 11) is 0. The van der Waals surface area contributed by atoms with Gasteiger partial charge in [0.1, 0.15) is 0 Å². The van der Waals surface area contributed by atoms with Crippen LogP contribution in [-0.2, 0) is 4.79 Å². The number of carbonyl (C=O) groups excluding carboxylic acids is 1. The molecule has 6 heteroatoms. The number of anilines is 1. The molecule has 17 heavy (non-hydrogen) atoms. The summed E-state index contributed by atoms with van der Waals surface area (Å²) < 4.78 is 0.632. The van der Waals surface area contributed by atoms with Crippen molar-refractivity contribution in [3.63, 3.8) is 0 Å². The zero-order valence-electron chi connectivity index (χ0n) is 9.40. The predicted molar refractivity (Wildman–Crippen MR) is 69.0 cm³/mol. The summed E-state index contributed by atoms with van der Waals surface area (Å²) in [6, 6.07) is 4.27. The van der Waals surface area contributed by atoms with Gasteiger partial charge in [0.15, 0.2) is 0 Å². The second-order valence-electron chi connectivity index (χ2n) is 3.57. The summed E-state index contributed by atoms with van der Waals surface area (Å²) >= 11 is 3.24. The Morgan fingerprint density at radius 2 is 2.24 bits per heavy atom. The maximum atomic E-state index is 11.5. The van der Waals surface area contributed by atoms with Crippen molar-refractivity contribution in [2.45, 2.75) is 26.2 Å². The monoisotopic (exact) mass is 300 g/mol. The quantitative estimate of drug-likeness (QED) is 0.668. The van der Waals surface area contributed by atoms with Gasteiger partial charge in [-0.1, -0.05) is 13.3 Å². The third-order valence-corrected chi connectivity index (χ3v) is 2.88. The fourth-order valence-corrected chi connectivity index (χ4v) is 1.62. The minimum atomic E-state index is -0.492. The number of hydrogen-bond acceptors (Lipinski definition) is 3. The highest BCUT2D eigenvalue weighted by Crippen LogP contribution is 2.27. The SMILES string of the molecule is CCCCC(=O)Nc1cc([N+](=O)[O-])ccc1Br. The number of non-ortho nitro benzene ring substituents is 1. The molecule has 0 saturated heterocycles. The van der Waals surface area contributed by atoms with E-state index in [1.54, 1.807) is 6.07 Å².